The topological polar surface area (TPSA) is 118 Å². The molecule has 0 spiro atoms. The molecule has 0 aromatic carbocycles. The SMILES string of the molecule is C/C(=N/O)c1no[n+]([O-])c1/C(C)=N/O. The maximum atomic E-state index is 11.0. The standard InChI is InChI=1S/C6H8N4O4/c1-3(7-11)5-6(4(2)8-12)10(13)14-9-5/h11-12H,1-2H3/b7-3-,8-4+. The van der Waals surface area contributed by atoms with E-state index in [0.29, 0.717) is 0 Å². The summed E-state index contributed by atoms with van der Waals surface area (Å²) >= 11 is 0. The number of aromatic nitrogens is 2. The molecule has 76 valence electrons. The number of oxime groups is 2. The van der Waals surface area contributed by atoms with Crippen LogP contribution in [0.3, 0.4) is 0 Å². The quantitative estimate of drug-likeness (QED) is 0.294. The normalized spacial score (nSPS) is 13.3. The number of nitrogens with zero attached hydrogens (tertiary/aromatic N) is 4. The fourth-order valence-electron chi connectivity index (χ4n) is 0.884. The largest absolute Gasteiger partial charge is 0.411 e. The summed E-state index contributed by atoms with van der Waals surface area (Å²) in [6.45, 7) is 2.81. The number of rotatable bonds is 2. The molecule has 0 saturated heterocycles. The van der Waals surface area contributed by atoms with Gasteiger partial charge in [-0.3, -0.25) is 4.63 Å². The predicted octanol–water partition coefficient (Wildman–Crippen LogP) is -0.296. The van der Waals surface area contributed by atoms with Gasteiger partial charge in [-0.1, -0.05) is 10.3 Å². The van der Waals surface area contributed by atoms with Crippen molar-refractivity contribution in [1.29, 1.82) is 0 Å². The molecule has 0 radical (unpaired) electrons. The Morgan fingerprint density at radius 2 is 1.93 bits per heavy atom. The molecular weight excluding hydrogens is 192 g/mol. The fourth-order valence-corrected chi connectivity index (χ4v) is 0.884. The van der Waals surface area contributed by atoms with E-state index in [2.05, 4.69) is 20.1 Å². The molecule has 0 atom stereocenters. The van der Waals surface area contributed by atoms with Crippen LogP contribution in [0.5, 0.6) is 0 Å². The van der Waals surface area contributed by atoms with Crippen LogP contribution in [0.15, 0.2) is 14.9 Å². The van der Waals surface area contributed by atoms with Crippen LogP contribution in [0.1, 0.15) is 25.2 Å². The lowest BCUT2D eigenvalue weighted by Gasteiger charge is -1.93. The predicted molar refractivity (Wildman–Crippen MR) is 43.5 cm³/mol. The van der Waals surface area contributed by atoms with Crippen LogP contribution in [-0.4, -0.2) is 27.0 Å². The van der Waals surface area contributed by atoms with E-state index < -0.39 is 0 Å². The van der Waals surface area contributed by atoms with Gasteiger partial charge in [0.05, 0.1) is 0 Å². The highest BCUT2D eigenvalue weighted by Gasteiger charge is 2.24. The summed E-state index contributed by atoms with van der Waals surface area (Å²) in [4.78, 5) is 0.0685. The first-order valence-corrected chi connectivity index (χ1v) is 3.59. The lowest BCUT2D eigenvalue weighted by molar-refractivity contribution is -0.803. The second-order valence-corrected chi connectivity index (χ2v) is 2.50. The van der Waals surface area contributed by atoms with Crippen LogP contribution in [0.4, 0.5) is 0 Å². The molecule has 1 heterocycles. The minimum absolute atomic E-state index is 0.0132. The Balaban J connectivity index is 3.33. The van der Waals surface area contributed by atoms with Crippen molar-refractivity contribution in [2.75, 3.05) is 0 Å². The van der Waals surface area contributed by atoms with Gasteiger partial charge in [0.2, 0.25) is 0 Å². The lowest BCUT2D eigenvalue weighted by atomic mass is 10.2. The Bertz CT molecular complexity index is 395. The summed E-state index contributed by atoms with van der Waals surface area (Å²) in [5.74, 6) is 0. The van der Waals surface area contributed by atoms with Gasteiger partial charge in [0.15, 0.2) is 0 Å². The van der Waals surface area contributed by atoms with Gasteiger partial charge in [-0.25, -0.2) is 0 Å². The Morgan fingerprint density at radius 3 is 2.43 bits per heavy atom. The molecule has 0 bridgehead atoms. The second kappa shape index (κ2) is 3.73. The van der Waals surface area contributed by atoms with Crippen LogP contribution in [0, 0.1) is 5.21 Å². The Hall–Kier alpha value is -2.12. The highest BCUT2D eigenvalue weighted by atomic mass is 16.8. The van der Waals surface area contributed by atoms with Gasteiger partial charge in [-0.15, -0.1) is 0 Å². The minimum Gasteiger partial charge on any atom is -0.411 e. The van der Waals surface area contributed by atoms with Crippen LogP contribution < -0.4 is 4.90 Å². The highest BCUT2D eigenvalue weighted by Crippen LogP contribution is 2.04. The van der Waals surface area contributed by atoms with E-state index >= 15 is 0 Å². The molecule has 0 unspecified atom stereocenters. The van der Waals surface area contributed by atoms with E-state index in [-0.39, 0.29) is 27.7 Å². The maximum Gasteiger partial charge on any atom is 0.274 e. The van der Waals surface area contributed by atoms with E-state index in [4.69, 9.17) is 10.4 Å². The van der Waals surface area contributed by atoms with Crippen molar-refractivity contribution in [1.82, 2.24) is 5.16 Å². The maximum absolute atomic E-state index is 11.0. The zero-order valence-electron chi connectivity index (χ0n) is 7.50. The van der Waals surface area contributed by atoms with Crippen molar-refractivity contribution in [3.8, 4) is 0 Å². The van der Waals surface area contributed by atoms with Crippen molar-refractivity contribution in [2.45, 2.75) is 13.8 Å². The van der Waals surface area contributed by atoms with Gasteiger partial charge in [0, 0.05) is 5.16 Å². The van der Waals surface area contributed by atoms with Crippen LogP contribution in [0.25, 0.3) is 0 Å². The average Bonchev–Trinajstić information content (AvgIpc) is 2.58. The second-order valence-electron chi connectivity index (χ2n) is 2.50. The van der Waals surface area contributed by atoms with Crippen LogP contribution in [-0.2, 0) is 0 Å². The van der Waals surface area contributed by atoms with Gasteiger partial charge in [-0.05, 0) is 18.8 Å². The molecule has 1 aromatic rings. The molecule has 0 aliphatic heterocycles. The molecule has 1 aromatic heterocycles. The van der Waals surface area contributed by atoms with Crippen molar-refractivity contribution in [3.63, 3.8) is 0 Å². The summed E-state index contributed by atoms with van der Waals surface area (Å²) < 4.78 is 4.27. The Labute approximate surface area is 78.3 Å². The average molecular weight is 200 g/mol. The van der Waals surface area contributed by atoms with Gasteiger partial charge >= 0.3 is 0 Å². The van der Waals surface area contributed by atoms with E-state index in [0.717, 1.165) is 0 Å². The smallest absolute Gasteiger partial charge is 0.274 e. The van der Waals surface area contributed by atoms with Gasteiger partial charge in [-0.2, -0.15) is 0 Å². The molecule has 1 rings (SSSR count). The van der Waals surface area contributed by atoms with E-state index in [1.165, 1.54) is 13.8 Å². The zero-order valence-corrected chi connectivity index (χ0v) is 7.50. The Morgan fingerprint density at radius 1 is 1.36 bits per heavy atom. The number of hydrogen-bond donors (Lipinski definition) is 2. The lowest BCUT2D eigenvalue weighted by Crippen LogP contribution is -2.31. The third kappa shape index (κ3) is 1.49. The van der Waals surface area contributed by atoms with E-state index in [9.17, 15) is 5.21 Å². The van der Waals surface area contributed by atoms with Crippen molar-refractivity contribution in [3.05, 3.63) is 16.6 Å². The van der Waals surface area contributed by atoms with Crippen molar-refractivity contribution < 1.29 is 19.9 Å². The summed E-state index contributed by atoms with van der Waals surface area (Å²) in [5, 5.41) is 37.0. The van der Waals surface area contributed by atoms with E-state index in [1.807, 2.05) is 0 Å². The first-order chi connectivity index (χ1) is 6.61. The van der Waals surface area contributed by atoms with Crippen molar-refractivity contribution >= 4 is 11.4 Å². The molecule has 2 N–H and O–H groups in total. The van der Waals surface area contributed by atoms with Crippen molar-refractivity contribution in [2.24, 2.45) is 10.3 Å². The Kier molecular flexibility index (Phi) is 2.65. The third-order valence-corrected chi connectivity index (χ3v) is 1.60. The molecule has 0 aliphatic rings. The van der Waals surface area contributed by atoms with Gasteiger partial charge < -0.3 is 15.6 Å². The van der Waals surface area contributed by atoms with Crippen LogP contribution in [0.2, 0.25) is 0 Å². The summed E-state index contributed by atoms with van der Waals surface area (Å²) in [5.41, 5.74) is 0.0289. The molecule has 14 heavy (non-hydrogen) atoms. The minimum atomic E-state index is -0.0946. The van der Waals surface area contributed by atoms with Gasteiger partial charge in [0.1, 0.15) is 11.4 Å². The molecule has 0 amide bonds. The number of hydrogen-bond acceptors (Lipinski definition) is 7. The van der Waals surface area contributed by atoms with Crippen LogP contribution >= 0.6 is 0 Å². The molecule has 8 nitrogen and oxygen atoms in total. The molecular formula is C6H8N4O4. The summed E-state index contributed by atoms with van der Waals surface area (Å²) in [6.07, 6.45) is 0. The fraction of sp³-hybridized carbons (Fsp3) is 0.333. The molecule has 0 aliphatic carbocycles. The molecule has 0 saturated carbocycles. The monoisotopic (exact) mass is 200 g/mol. The molecule has 0 fully saturated rings. The third-order valence-electron chi connectivity index (χ3n) is 1.60. The first kappa shape index (κ1) is 9.96. The summed E-state index contributed by atoms with van der Waals surface area (Å²) in [6, 6.07) is 0. The zero-order chi connectivity index (χ0) is 10.7. The summed E-state index contributed by atoms with van der Waals surface area (Å²) in [7, 11) is 0. The van der Waals surface area contributed by atoms with Gasteiger partial charge in [0.25, 0.3) is 11.4 Å². The first-order valence-electron chi connectivity index (χ1n) is 3.59. The van der Waals surface area contributed by atoms with E-state index in [1.54, 1.807) is 0 Å². The molecule has 8 heteroatoms. The highest BCUT2D eigenvalue weighted by molar-refractivity contribution is 6.07.